The molecule has 33 heavy (non-hydrogen) atoms. The monoisotopic (exact) mass is 449 g/mol. The van der Waals surface area contributed by atoms with E-state index in [0.29, 0.717) is 29.1 Å². The molecule has 4 aromatic rings. The molecule has 0 saturated carbocycles. The maximum atomic E-state index is 14.4. The number of nitrogens with one attached hydrogen (secondary N) is 3. The summed E-state index contributed by atoms with van der Waals surface area (Å²) in [6.45, 7) is 1.40. The van der Waals surface area contributed by atoms with Gasteiger partial charge in [0.25, 0.3) is 5.56 Å². The molecule has 10 heteroatoms. The first kappa shape index (κ1) is 21.2. The number of halogens is 1. The fourth-order valence-corrected chi connectivity index (χ4v) is 4.66. The lowest BCUT2D eigenvalue weighted by Gasteiger charge is -2.25. The van der Waals surface area contributed by atoms with Crippen molar-refractivity contribution in [3.63, 3.8) is 0 Å². The molecule has 2 atom stereocenters. The number of hydrogen-bond acceptors (Lipinski definition) is 7. The van der Waals surface area contributed by atoms with Gasteiger partial charge >= 0.3 is 0 Å². The number of aliphatic hydroxyl groups excluding tert-OH is 1. The van der Waals surface area contributed by atoms with E-state index in [2.05, 4.69) is 55.2 Å². The second kappa shape index (κ2) is 8.72. The average molecular weight is 449 g/mol. The lowest BCUT2D eigenvalue weighted by atomic mass is 9.82. The average Bonchev–Trinajstić information content (AvgIpc) is 3.19. The minimum absolute atomic E-state index is 0.0963. The summed E-state index contributed by atoms with van der Waals surface area (Å²) < 4.78 is 16.0. The molecule has 0 aliphatic carbocycles. The van der Waals surface area contributed by atoms with E-state index < -0.39 is 17.3 Å². The summed E-state index contributed by atoms with van der Waals surface area (Å²) in [5.41, 5.74) is 2.84. The molecule has 9 nitrogen and oxygen atoms in total. The number of anilines is 1. The lowest BCUT2D eigenvalue weighted by molar-refractivity contribution is 0.265. The Labute approximate surface area is 188 Å². The highest BCUT2D eigenvalue weighted by atomic mass is 19.1. The molecule has 0 fully saturated rings. The van der Waals surface area contributed by atoms with Crippen LogP contribution in [0.15, 0.2) is 47.5 Å². The fourth-order valence-electron chi connectivity index (χ4n) is 4.66. The van der Waals surface area contributed by atoms with Gasteiger partial charge in [-0.25, -0.2) is 19.2 Å². The third kappa shape index (κ3) is 3.77. The number of rotatable bonds is 6. The maximum absolute atomic E-state index is 14.4. The maximum Gasteiger partial charge on any atom is 0.272 e. The Morgan fingerprint density at radius 1 is 1.27 bits per heavy atom. The predicted octanol–water partition coefficient (Wildman–Crippen LogP) is 1.71. The third-order valence-corrected chi connectivity index (χ3v) is 6.12. The van der Waals surface area contributed by atoms with Crippen molar-refractivity contribution in [3.8, 4) is 0 Å². The molecule has 2 unspecified atom stereocenters. The van der Waals surface area contributed by atoms with E-state index in [1.807, 2.05) is 7.05 Å². The van der Waals surface area contributed by atoms with Crippen LogP contribution in [0.25, 0.3) is 10.8 Å². The van der Waals surface area contributed by atoms with Crippen molar-refractivity contribution in [2.24, 2.45) is 0 Å². The Hall–Kier alpha value is -3.63. The lowest BCUT2D eigenvalue weighted by Crippen LogP contribution is -2.24. The molecule has 3 heterocycles. The number of aromatic nitrogens is 5. The molecule has 0 radical (unpaired) electrons. The highest BCUT2D eigenvalue weighted by Crippen LogP contribution is 2.43. The zero-order valence-electron chi connectivity index (χ0n) is 18.0. The number of aliphatic hydroxyl groups is 1. The minimum Gasteiger partial charge on any atom is -0.394 e. The van der Waals surface area contributed by atoms with E-state index in [0.717, 1.165) is 17.7 Å². The predicted molar refractivity (Wildman–Crippen MR) is 122 cm³/mol. The van der Waals surface area contributed by atoms with Crippen LogP contribution < -0.4 is 16.2 Å². The van der Waals surface area contributed by atoms with Crippen LogP contribution in [0.1, 0.15) is 34.5 Å². The van der Waals surface area contributed by atoms with Crippen molar-refractivity contribution < 1.29 is 9.50 Å². The Kier molecular flexibility index (Phi) is 5.61. The number of H-pyrrole nitrogens is 1. The largest absolute Gasteiger partial charge is 0.394 e. The quantitative estimate of drug-likeness (QED) is 0.354. The third-order valence-electron chi connectivity index (χ3n) is 6.12. The van der Waals surface area contributed by atoms with Crippen molar-refractivity contribution in [2.75, 3.05) is 25.5 Å². The van der Waals surface area contributed by atoms with Crippen molar-refractivity contribution in [2.45, 2.75) is 24.9 Å². The van der Waals surface area contributed by atoms with Crippen molar-refractivity contribution in [3.05, 3.63) is 81.5 Å². The Balaban J connectivity index is 1.74. The molecule has 170 valence electrons. The first-order valence-corrected chi connectivity index (χ1v) is 10.8. The van der Waals surface area contributed by atoms with E-state index >= 15 is 0 Å². The molecule has 2 aromatic carbocycles. The summed E-state index contributed by atoms with van der Waals surface area (Å²) in [6.07, 6.45) is 1.45. The molecule has 2 aromatic heterocycles. The van der Waals surface area contributed by atoms with Crippen LogP contribution >= 0.6 is 0 Å². The van der Waals surface area contributed by atoms with E-state index in [1.165, 1.54) is 18.5 Å². The number of aromatic amines is 1. The minimum atomic E-state index is -0.498. The van der Waals surface area contributed by atoms with Crippen LogP contribution in [0.5, 0.6) is 0 Å². The highest BCUT2D eigenvalue weighted by Gasteiger charge is 2.36. The van der Waals surface area contributed by atoms with Gasteiger partial charge in [0.05, 0.1) is 30.1 Å². The Morgan fingerprint density at radius 3 is 2.85 bits per heavy atom. The molecule has 5 rings (SSSR count). The molecule has 0 saturated heterocycles. The normalized spacial score (nSPS) is 17.7. The molecular formula is C23H24FN7O2. The zero-order chi connectivity index (χ0) is 22.9. The molecule has 1 aliphatic rings. The Bertz CT molecular complexity index is 1350. The summed E-state index contributed by atoms with van der Waals surface area (Å²) >= 11 is 0. The highest BCUT2D eigenvalue weighted by molar-refractivity contribution is 5.96. The summed E-state index contributed by atoms with van der Waals surface area (Å²) in [4.78, 5) is 17.0. The summed E-state index contributed by atoms with van der Waals surface area (Å²) in [6, 6.07) is 10.9. The van der Waals surface area contributed by atoms with Crippen molar-refractivity contribution in [1.29, 1.82) is 0 Å². The van der Waals surface area contributed by atoms with Crippen molar-refractivity contribution in [1.82, 2.24) is 30.3 Å². The van der Waals surface area contributed by atoms with Gasteiger partial charge in [-0.1, -0.05) is 24.3 Å². The number of hydrogen-bond donors (Lipinski definition) is 4. The zero-order valence-corrected chi connectivity index (χ0v) is 18.0. The van der Waals surface area contributed by atoms with E-state index in [1.54, 1.807) is 4.68 Å². The SMILES string of the molecule is CNCc1ccc(C2CNc3cc(F)cc4c(=O)[nH]nc(c34)C2c2ncnn2CCO)cc1. The van der Waals surface area contributed by atoms with Gasteiger partial charge in [-0.05, 0) is 30.3 Å². The molecular weight excluding hydrogens is 425 g/mol. The molecule has 0 bridgehead atoms. The standard InChI is InChI=1S/C23H24FN7O2/c1-25-10-13-2-4-14(5-3-13)17-11-26-18-9-15(24)8-16-19(18)21(29-30-23(16)33)20(17)22-27-12-28-31(22)6-7-32/h2-5,8-9,12,17,20,25-26,32H,6-7,10-11H2,1H3,(H,30,33). The van der Waals surface area contributed by atoms with Gasteiger partial charge in [0.1, 0.15) is 18.0 Å². The van der Waals surface area contributed by atoms with Gasteiger partial charge in [0.15, 0.2) is 0 Å². The van der Waals surface area contributed by atoms with Crippen LogP contribution in [0.4, 0.5) is 10.1 Å². The molecule has 0 spiro atoms. The van der Waals surface area contributed by atoms with Crippen molar-refractivity contribution >= 4 is 16.5 Å². The second-order valence-corrected chi connectivity index (χ2v) is 8.12. The van der Waals surface area contributed by atoms with Gasteiger partial charge in [-0.15, -0.1) is 0 Å². The van der Waals surface area contributed by atoms with Crippen LogP contribution in [0.2, 0.25) is 0 Å². The first-order valence-electron chi connectivity index (χ1n) is 10.8. The fraction of sp³-hybridized carbons (Fsp3) is 0.304. The van der Waals surface area contributed by atoms with E-state index in [4.69, 9.17) is 0 Å². The van der Waals surface area contributed by atoms with Gasteiger partial charge in [-0.2, -0.15) is 10.2 Å². The Morgan fingerprint density at radius 2 is 2.09 bits per heavy atom. The van der Waals surface area contributed by atoms with Crippen LogP contribution in [0.3, 0.4) is 0 Å². The molecule has 4 N–H and O–H groups in total. The van der Waals surface area contributed by atoms with Gasteiger partial charge < -0.3 is 15.7 Å². The molecule has 0 amide bonds. The van der Waals surface area contributed by atoms with Crippen LogP contribution in [-0.2, 0) is 13.1 Å². The summed E-state index contributed by atoms with van der Waals surface area (Å²) in [7, 11) is 1.90. The van der Waals surface area contributed by atoms with E-state index in [9.17, 15) is 14.3 Å². The first-order chi connectivity index (χ1) is 16.1. The topological polar surface area (TPSA) is 121 Å². The molecule has 1 aliphatic heterocycles. The van der Waals surface area contributed by atoms with Crippen LogP contribution in [0, 0.1) is 5.82 Å². The van der Waals surface area contributed by atoms with Gasteiger partial charge in [0, 0.05) is 30.1 Å². The smallest absolute Gasteiger partial charge is 0.272 e. The number of nitrogens with zero attached hydrogens (tertiary/aromatic N) is 4. The van der Waals surface area contributed by atoms with Gasteiger partial charge in [0.2, 0.25) is 0 Å². The van der Waals surface area contributed by atoms with Crippen LogP contribution in [-0.4, -0.2) is 50.3 Å². The van der Waals surface area contributed by atoms with E-state index in [-0.39, 0.29) is 24.5 Å². The van der Waals surface area contributed by atoms with Gasteiger partial charge in [-0.3, -0.25) is 4.79 Å². The second-order valence-electron chi connectivity index (χ2n) is 8.12. The summed E-state index contributed by atoms with van der Waals surface area (Å²) in [5.74, 6) is -0.421. The summed E-state index contributed by atoms with van der Waals surface area (Å²) in [5, 5.41) is 28.1. The number of benzene rings is 2.